The molecular formula is C14H14ClNO. The van der Waals surface area contributed by atoms with Crippen LogP contribution >= 0.6 is 11.6 Å². The SMILES string of the molecule is Clc1ccc(COCCc2ccccc2)cn1. The molecule has 0 aliphatic heterocycles. The Labute approximate surface area is 106 Å². The summed E-state index contributed by atoms with van der Waals surface area (Å²) in [6.07, 6.45) is 2.67. The minimum absolute atomic E-state index is 0.512. The Hall–Kier alpha value is -1.38. The zero-order chi connectivity index (χ0) is 11.9. The summed E-state index contributed by atoms with van der Waals surface area (Å²) in [5.74, 6) is 0. The van der Waals surface area contributed by atoms with E-state index in [1.165, 1.54) is 5.56 Å². The number of hydrogen-bond acceptors (Lipinski definition) is 2. The second kappa shape index (κ2) is 6.38. The molecule has 2 aromatic rings. The van der Waals surface area contributed by atoms with Gasteiger partial charge in [0.2, 0.25) is 0 Å². The van der Waals surface area contributed by atoms with Gasteiger partial charge in [0.1, 0.15) is 5.15 Å². The molecule has 0 aliphatic carbocycles. The maximum Gasteiger partial charge on any atom is 0.129 e. The van der Waals surface area contributed by atoms with Gasteiger partial charge in [-0.05, 0) is 23.6 Å². The van der Waals surface area contributed by atoms with E-state index in [1.54, 1.807) is 12.3 Å². The van der Waals surface area contributed by atoms with Crippen LogP contribution < -0.4 is 0 Å². The van der Waals surface area contributed by atoms with Crippen LogP contribution in [0.3, 0.4) is 0 Å². The average Bonchev–Trinajstić information content (AvgIpc) is 2.38. The molecule has 0 amide bonds. The van der Waals surface area contributed by atoms with Crippen LogP contribution in [0, 0.1) is 0 Å². The standard InChI is InChI=1S/C14H14ClNO/c15-14-7-6-13(10-16-14)11-17-9-8-12-4-2-1-3-5-12/h1-7,10H,8-9,11H2. The molecule has 0 bridgehead atoms. The Kier molecular flexibility index (Phi) is 4.54. The number of aromatic nitrogens is 1. The summed E-state index contributed by atoms with van der Waals surface area (Å²) in [7, 11) is 0. The lowest BCUT2D eigenvalue weighted by molar-refractivity contribution is 0.123. The summed E-state index contributed by atoms with van der Waals surface area (Å²) in [5.41, 5.74) is 2.34. The number of rotatable bonds is 5. The molecule has 0 aliphatic rings. The highest BCUT2D eigenvalue weighted by molar-refractivity contribution is 6.29. The van der Waals surface area contributed by atoms with Gasteiger partial charge in [-0.25, -0.2) is 4.98 Å². The molecule has 3 heteroatoms. The normalized spacial score (nSPS) is 10.4. The molecule has 17 heavy (non-hydrogen) atoms. The smallest absolute Gasteiger partial charge is 0.129 e. The molecule has 1 heterocycles. The molecule has 0 unspecified atom stereocenters. The number of benzene rings is 1. The van der Waals surface area contributed by atoms with Gasteiger partial charge >= 0.3 is 0 Å². The number of pyridine rings is 1. The average molecular weight is 248 g/mol. The maximum atomic E-state index is 5.70. The van der Waals surface area contributed by atoms with E-state index in [0.29, 0.717) is 18.4 Å². The second-order valence-corrected chi connectivity index (χ2v) is 4.16. The van der Waals surface area contributed by atoms with Crippen molar-refractivity contribution >= 4 is 11.6 Å². The fourth-order valence-electron chi connectivity index (χ4n) is 1.52. The molecule has 0 spiro atoms. The summed E-state index contributed by atoms with van der Waals surface area (Å²) in [5, 5.41) is 0.512. The van der Waals surface area contributed by atoms with Crippen LogP contribution in [0.5, 0.6) is 0 Å². The Balaban J connectivity index is 1.71. The van der Waals surface area contributed by atoms with Crippen molar-refractivity contribution < 1.29 is 4.74 Å². The van der Waals surface area contributed by atoms with Crippen molar-refractivity contribution in [2.45, 2.75) is 13.0 Å². The zero-order valence-corrected chi connectivity index (χ0v) is 10.2. The maximum absolute atomic E-state index is 5.70. The molecule has 1 aromatic heterocycles. The van der Waals surface area contributed by atoms with Gasteiger partial charge in [-0.15, -0.1) is 0 Å². The van der Waals surface area contributed by atoms with Crippen molar-refractivity contribution in [2.75, 3.05) is 6.61 Å². The van der Waals surface area contributed by atoms with Crippen LogP contribution in [0.1, 0.15) is 11.1 Å². The van der Waals surface area contributed by atoms with Gasteiger partial charge in [0.05, 0.1) is 13.2 Å². The van der Waals surface area contributed by atoms with Crippen LogP contribution in [0.15, 0.2) is 48.7 Å². The Morgan fingerprint density at radius 2 is 1.82 bits per heavy atom. The predicted molar refractivity (Wildman–Crippen MR) is 69.0 cm³/mol. The molecule has 0 saturated carbocycles. The topological polar surface area (TPSA) is 22.1 Å². The molecule has 2 nitrogen and oxygen atoms in total. The molecule has 0 radical (unpaired) electrons. The third-order valence-corrected chi connectivity index (χ3v) is 2.66. The summed E-state index contributed by atoms with van der Waals surface area (Å²) in [6.45, 7) is 1.30. The van der Waals surface area contributed by atoms with Crippen LogP contribution in [-0.2, 0) is 17.8 Å². The van der Waals surface area contributed by atoms with Gasteiger partial charge in [-0.3, -0.25) is 0 Å². The third kappa shape index (κ3) is 4.17. The molecule has 0 fully saturated rings. The van der Waals surface area contributed by atoms with E-state index < -0.39 is 0 Å². The zero-order valence-electron chi connectivity index (χ0n) is 9.47. The molecular weight excluding hydrogens is 234 g/mol. The first-order chi connectivity index (χ1) is 8.34. The summed E-state index contributed by atoms with van der Waals surface area (Å²) in [6, 6.07) is 14.0. The molecule has 0 saturated heterocycles. The highest BCUT2D eigenvalue weighted by Gasteiger charge is 1.95. The van der Waals surface area contributed by atoms with Gasteiger partial charge in [0.25, 0.3) is 0 Å². The van der Waals surface area contributed by atoms with Crippen molar-refractivity contribution in [3.05, 3.63) is 64.9 Å². The largest absolute Gasteiger partial charge is 0.376 e. The first-order valence-corrected chi connectivity index (χ1v) is 5.94. The van der Waals surface area contributed by atoms with Crippen LogP contribution in [0.25, 0.3) is 0 Å². The fraction of sp³-hybridized carbons (Fsp3) is 0.214. The van der Waals surface area contributed by atoms with Crippen molar-refractivity contribution in [1.29, 1.82) is 0 Å². The second-order valence-electron chi connectivity index (χ2n) is 3.78. The predicted octanol–water partition coefficient (Wildman–Crippen LogP) is 3.49. The van der Waals surface area contributed by atoms with Gasteiger partial charge in [0.15, 0.2) is 0 Å². The van der Waals surface area contributed by atoms with E-state index in [1.807, 2.05) is 24.3 Å². The minimum atomic E-state index is 0.512. The molecule has 2 rings (SSSR count). The first kappa shape index (κ1) is 12.1. The highest BCUT2D eigenvalue weighted by atomic mass is 35.5. The quantitative estimate of drug-likeness (QED) is 0.596. The Morgan fingerprint density at radius 3 is 2.53 bits per heavy atom. The summed E-state index contributed by atoms with van der Waals surface area (Å²) in [4.78, 5) is 4.00. The minimum Gasteiger partial charge on any atom is -0.376 e. The third-order valence-electron chi connectivity index (χ3n) is 2.44. The van der Waals surface area contributed by atoms with Crippen molar-refractivity contribution in [2.24, 2.45) is 0 Å². The van der Waals surface area contributed by atoms with Crippen molar-refractivity contribution in [3.63, 3.8) is 0 Å². The van der Waals surface area contributed by atoms with Crippen LogP contribution in [-0.4, -0.2) is 11.6 Å². The van der Waals surface area contributed by atoms with E-state index in [-0.39, 0.29) is 0 Å². The Morgan fingerprint density at radius 1 is 1.00 bits per heavy atom. The lowest BCUT2D eigenvalue weighted by Gasteiger charge is -2.04. The molecule has 0 N–H and O–H groups in total. The van der Waals surface area contributed by atoms with Crippen molar-refractivity contribution in [1.82, 2.24) is 4.98 Å². The monoisotopic (exact) mass is 247 g/mol. The molecule has 1 aromatic carbocycles. The number of halogens is 1. The summed E-state index contributed by atoms with van der Waals surface area (Å²) < 4.78 is 5.58. The van der Waals surface area contributed by atoms with E-state index in [9.17, 15) is 0 Å². The van der Waals surface area contributed by atoms with Crippen molar-refractivity contribution in [3.8, 4) is 0 Å². The fourth-order valence-corrected chi connectivity index (χ4v) is 1.63. The van der Waals surface area contributed by atoms with Gasteiger partial charge in [-0.1, -0.05) is 48.0 Å². The number of nitrogens with zero attached hydrogens (tertiary/aromatic N) is 1. The highest BCUT2D eigenvalue weighted by Crippen LogP contribution is 2.07. The van der Waals surface area contributed by atoms with E-state index >= 15 is 0 Å². The van der Waals surface area contributed by atoms with Gasteiger partial charge in [0, 0.05) is 6.20 Å². The lowest BCUT2D eigenvalue weighted by Crippen LogP contribution is -1.99. The molecule has 0 atom stereocenters. The lowest BCUT2D eigenvalue weighted by atomic mass is 10.2. The molecule has 88 valence electrons. The Bertz CT molecular complexity index is 442. The van der Waals surface area contributed by atoms with Gasteiger partial charge < -0.3 is 4.74 Å². The number of hydrogen-bond donors (Lipinski definition) is 0. The van der Waals surface area contributed by atoms with Gasteiger partial charge in [-0.2, -0.15) is 0 Å². The van der Waals surface area contributed by atoms with Crippen LogP contribution in [0.2, 0.25) is 5.15 Å². The first-order valence-electron chi connectivity index (χ1n) is 5.57. The van der Waals surface area contributed by atoms with Crippen LogP contribution in [0.4, 0.5) is 0 Å². The number of ether oxygens (including phenoxy) is 1. The summed E-state index contributed by atoms with van der Waals surface area (Å²) >= 11 is 5.70. The van der Waals surface area contributed by atoms with E-state index in [2.05, 4.69) is 17.1 Å². The van der Waals surface area contributed by atoms with E-state index in [4.69, 9.17) is 16.3 Å². The van der Waals surface area contributed by atoms with E-state index in [0.717, 1.165) is 12.0 Å².